The molecule has 1 heterocycles. The molecule has 5 heteroatoms. The molecule has 2 aromatic carbocycles. The fourth-order valence-electron chi connectivity index (χ4n) is 2.04. The summed E-state index contributed by atoms with van der Waals surface area (Å²) in [5.41, 5.74) is 8.31. The number of fused-ring (bicyclic) bond motifs is 1. The third-order valence-electron chi connectivity index (χ3n) is 3.16. The van der Waals surface area contributed by atoms with Gasteiger partial charge in [0.05, 0.1) is 18.0 Å². The number of nitrogen functional groups attached to an aromatic ring is 1. The average Bonchev–Trinajstić information content (AvgIpc) is 2.53. The fourth-order valence-corrected chi connectivity index (χ4v) is 2.04. The van der Waals surface area contributed by atoms with E-state index in [-0.39, 0.29) is 0 Å². The summed E-state index contributed by atoms with van der Waals surface area (Å²) < 4.78 is 10.9. The first kappa shape index (κ1) is 13.2. The van der Waals surface area contributed by atoms with E-state index < -0.39 is 0 Å². The molecule has 0 aliphatic carbocycles. The summed E-state index contributed by atoms with van der Waals surface area (Å²) >= 11 is 0. The van der Waals surface area contributed by atoms with Crippen molar-refractivity contribution in [2.75, 3.05) is 12.8 Å². The van der Waals surface area contributed by atoms with Crippen molar-refractivity contribution in [1.29, 1.82) is 0 Å². The van der Waals surface area contributed by atoms with Crippen LogP contribution in [0.15, 0.2) is 48.8 Å². The minimum Gasteiger partial charge on any atom is -0.497 e. The van der Waals surface area contributed by atoms with Crippen LogP contribution in [0, 0.1) is 0 Å². The van der Waals surface area contributed by atoms with Crippen molar-refractivity contribution in [3.8, 4) is 11.6 Å². The van der Waals surface area contributed by atoms with Gasteiger partial charge in [-0.25, -0.2) is 9.97 Å². The smallest absolute Gasteiger partial charge is 0.224 e. The highest BCUT2D eigenvalue weighted by atomic mass is 16.5. The second-order valence-electron chi connectivity index (χ2n) is 4.59. The fraction of sp³-hybridized carbons (Fsp3) is 0.125. The molecule has 0 saturated carbocycles. The summed E-state index contributed by atoms with van der Waals surface area (Å²) in [6.45, 7) is 0.422. The number of anilines is 1. The molecule has 3 aromatic rings. The Labute approximate surface area is 122 Å². The van der Waals surface area contributed by atoms with E-state index in [0.717, 1.165) is 22.2 Å². The summed E-state index contributed by atoms with van der Waals surface area (Å²) in [4.78, 5) is 8.38. The predicted molar refractivity (Wildman–Crippen MR) is 81.3 cm³/mol. The molecule has 3 rings (SSSR count). The second-order valence-corrected chi connectivity index (χ2v) is 4.59. The second kappa shape index (κ2) is 5.66. The molecule has 5 nitrogen and oxygen atoms in total. The lowest BCUT2D eigenvalue weighted by Crippen LogP contribution is -1.99. The molecule has 1 aromatic heterocycles. The van der Waals surface area contributed by atoms with Gasteiger partial charge in [-0.2, -0.15) is 0 Å². The molecule has 2 N–H and O–H groups in total. The van der Waals surface area contributed by atoms with Crippen LogP contribution in [0.25, 0.3) is 10.9 Å². The number of aromatic nitrogens is 2. The molecule has 0 atom stereocenters. The van der Waals surface area contributed by atoms with Crippen LogP contribution in [0.4, 0.5) is 5.69 Å². The molecular formula is C16H15N3O2. The summed E-state index contributed by atoms with van der Waals surface area (Å²) in [5.74, 6) is 1.35. The van der Waals surface area contributed by atoms with Crippen LogP contribution in [0.1, 0.15) is 5.56 Å². The Morgan fingerprint density at radius 3 is 2.62 bits per heavy atom. The number of hydrogen-bond acceptors (Lipinski definition) is 5. The average molecular weight is 281 g/mol. The van der Waals surface area contributed by atoms with Crippen LogP contribution in [0.2, 0.25) is 0 Å². The van der Waals surface area contributed by atoms with Gasteiger partial charge in [-0.1, -0.05) is 12.1 Å². The Hall–Kier alpha value is -2.82. The van der Waals surface area contributed by atoms with Crippen molar-refractivity contribution in [3.05, 3.63) is 54.4 Å². The maximum atomic E-state index is 5.81. The highest BCUT2D eigenvalue weighted by molar-refractivity contribution is 5.86. The third kappa shape index (κ3) is 2.86. The van der Waals surface area contributed by atoms with Crippen LogP contribution < -0.4 is 15.2 Å². The molecule has 0 fully saturated rings. The number of benzene rings is 2. The molecule has 0 saturated heterocycles. The van der Waals surface area contributed by atoms with Gasteiger partial charge in [0.2, 0.25) is 5.88 Å². The number of ether oxygens (including phenoxy) is 2. The highest BCUT2D eigenvalue weighted by Gasteiger charge is 2.06. The molecule has 0 aliphatic heterocycles. The topological polar surface area (TPSA) is 70.3 Å². The van der Waals surface area contributed by atoms with Crippen molar-refractivity contribution in [2.24, 2.45) is 0 Å². The molecule has 0 unspecified atom stereocenters. The van der Waals surface area contributed by atoms with Crippen LogP contribution in [0.5, 0.6) is 11.6 Å². The van der Waals surface area contributed by atoms with Crippen molar-refractivity contribution in [1.82, 2.24) is 9.97 Å². The summed E-state index contributed by atoms with van der Waals surface area (Å²) in [6, 6.07) is 13.2. The van der Waals surface area contributed by atoms with E-state index in [9.17, 15) is 0 Å². The van der Waals surface area contributed by atoms with Crippen LogP contribution >= 0.6 is 0 Å². The Kier molecular flexibility index (Phi) is 3.55. The van der Waals surface area contributed by atoms with E-state index in [1.165, 1.54) is 6.33 Å². The SMILES string of the molecule is COc1ccc(COc2ncnc3ccc(N)cc23)cc1. The Morgan fingerprint density at radius 1 is 1.05 bits per heavy atom. The van der Waals surface area contributed by atoms with Crippen molar-refractivity contribution < 1.29 is 9.47 Å². The van der Waals surface area contributed by atoms with Gasteiger partial charge in [-0.05, 0) is 35.9 Å². The van der Waals surface area contributed by atoms with Crippen LogP contribution in [-0.4, -0.2) is 17.1 Å². The maximum absolute atomic E-state index is 5.81. The zero-order valence-electron chi connectivity index (χ0n) is 11.6. The van der Waals surface area contributed by atoms with Gasteiger partial charge < -0.3 is 15.2 Å². The van der Waals surface area contributed by atoms with Gasteiger partial charge in [0, 0.05) is 5.69 Å². The lowest BCUT2D eigenvalue weighted by atomic mass is 10.2. The Bertz CT molecular complexity index is 757. The molecule has 0 spiro atoms. The lowest BCUT2D eigenvalue weighted by molar-refractivity contribution is 0.297. The molecule has 0 radical (unpaired) electrons. The minimum atomic E-state index is 0.422. The van der Waals surface area contributed by atoms with Crippen LogP contribution in [-0.2, 0) is 6.61 Å². The molecular weight excluding hydrogens is 266 g/mol. The largest absolute Gasteiger partial charge is 0.497 e. The molecule has 21 heavy (non-hydrogen) atoms. The van der Waals surface area contributed by atoms with Crippen molar-refractivity contribution in [2.45, 2.75) is 6.61 Å². The van der Waals surface area contributed by atoms with E-state index in [2.05, 4.69) is 9.97 Å². The normalized spacial score (nSPS) is 10.5. The van der Waals surface area contributed by atoms with E-state index >= 15 is 0 Å². The van der Waals surface area contributed by atoms with Gasteiger partial charge in [-0.15, -0.1) is 0 Å². The Balaban J connectivity index is 1.82. The predicted octanol–water partition coefficient (Wildman–Crippen LogP) is 2.80. The molecule has 0 aliphatic rings. The van der Waals surface area contributed by atoms with E-state index in [1.54, 1.807) is 7.11 Å². The maximum Gasteiger partial charge on any atom is 0.224 e. The quantitative estimate of drug-likeness (QED) is 0.745. The number of rotatable bonds is 4. The number of methoxy groups -OCH3 is 1. The summed E-state index contributed by atoms with van der Waals surface area (Å²) in [5, 5.41) is 0.811. The monoisotopic (exact) mass is 281 g/mol. The van der Waals surface area contributed by atoms with Crippen molar-refractivity contribution >= 4 is 16.6 Å². The first-order valence-corrected chi connectivity index (χ1v) is 6.52. The van der Waals surface area contributed by atoms with Gasteiger partial charge in [0.1, 0.15) is 18.7 Å². The molecule has 106 valence electrons. The standard InChI is InChI=1S/C16H15N3O2/c1-20-13-5-2-11(3-6-13)9-21-16-14-8-12(17)4-7-15(14)18-10-19-16/h2-8,10H,9,17H2,1H3. The van der Waals surface area contributed by atoms with Gasteiger partial charge in [0.15, 0.2) is 0 Å². The minimum absolute atomic E-state index is 0.422. The van der Waals surface area contributed by atoms with Gasteiger partial charge >= 0.3 is 0 Å². The van der Waals surface area contributed by atoms with E-state index in [4.69, 9.17) is 15.2 Å². The Morgan fingerprint density at radius 2 is 1.86 bits per heavy atom. The van der Waals surface area contributed by atoms with Crippen molar-refractivity contribution in [3.63, 3.8) is 0 Å². The zero-order valence-corrected chi connectivity index (χ0v) is 11.6. The number of hydrogen-bond donors (Lipinski definition) is 1. The lowest BCUT2D eigenvalue weighted by Gasteiger charge is -2.08. The van der Waals surface area contributed by atoms with Crippen LogP contribution in [0.3, 0.4) is 0 Å². The first-order valence-electron chi connectivity index (χ1n) is 6.52. The summed E-state index contributed by atoms with van der Waals surface area (Å²) in [6.07, 6.45) is 1.49. The molecule has 0 amide bonds. The third-order valence-corrected chi connectivity index (χ3v) is 3.16. The first-order chi connectivity index (χ1) is 10.3. The van der Waals surface area contributed by atoms with E-state index in [0.29, 0.717) is 18.2 Å². The number of nitrogens with zero attached hydrogens (tertiary/aromatic N) is 2. The van der Waals surface area contributed by atoms with E-state index in [1.807, 2.05) is 42.5 Å². The molecule has 0 bridgehead atoms. The zero-order chi connectivity index (χ0) is 14.7. The highest BCUT2D eigenvalue weighted by Crippen LogP contribution is 2.24. The number of nitrogens with two attached hydrogens (primary N) is 1. The summed E-state index contributed by atoms with van der Waals surface area (Å²) in [7, 11) is 1.64. The van der Waals surface area contributed by atoms with Gasteiger partial charge in [0.25, 0.3) is 0 Å². The van der Waals surface area contributed by atoms with Gasteiger partial charge in [-0.3, -0.25) is 0 Å².